The van der Waals surface area contributed by atoms with Crippen molar-refractivity contribution in [3.05, 3.63) is 52.3 Å². The third kappa shape index (κ3) is 4.70. The highest BCUT2D eigenvalue weighted by molar-refractivity contribution is 6.33. The number of hydrogen-bond acceptors (Lipinski definition) is 4. The Bertz CT molecular complexity index is 835. The summed E-state index contributed by atoms with van der Waals surface area (Å²) in [5.74, 6) is -2.74. The lowest BCUT2D eigenvalue weighted by Gasteiger charge is -2.19. The van der Waals surface area contributed by atoms with E-state index in [2.05, 4.69) is 0 Å². The van der Waals surface area contributed by atoms with Crippen molar-refractivity contribution in [1.82, 2.24) is 0 Å². The van der Waals surface area contributed by atoms with Gasteiger partial charge in [-0.05, 0) is 36.8 Å². The first-order valence-corrected chi connectivity index (χ1v) is 8.23. The maximum absolute atomic E-state index is 14.5. The summed E-state index contributed by atoms with van der Waals surface area (Å²) in [5.41, 5.74) is 3.37. The maximum atomic E-state index is 14.5. The fourth-order valence-electron chi connectivity index (χ4n) is 2.58. The van der Waals surface area contributed by atoms with Crippen LogP contribution >= 0.6 is 11.6 Å². The normalized spacial score (nSPS) is 12.7. The quantitative estimate of drug-likeness (QED) is 0.552. The molecule has 0 unspecified atom stereocenters. The van der Waals surface area contributed by atoms with Crippen LogP contribution in [0.1, 0.15) is 30.5 Å². The van der Waals surface area contributed by atoms with Crippen molar-refractivity contribution >= 4 is 17.6 Å². The van der Waals surface area contributed by atoms with Crippen LogP contribution in [0, 0.1) is 5.82 Å². The van der Waals surface area contributed by atoms with Gasteiger partial charge in [0, 0.05) is 17.2 Å². The number of phenols is 1. The standard InChI is InChI=1S/C18H16ClF4NO3/c1-2-27-15(26)8-13(24)10-6-9(7-11(17(10)20)18(21,22)23)16-12(19)4-3-5-14(16)25/h3-7,13,25H,2,8,24H2,1H3/t13-/m0/s1. The van der Waals surface area contributed by atoms with E-state index in [0.29, 0.717) is 6.07 Å². The molecular weight excluding hydrogens is 390 g/mol. The van der Waals surface area contributed by atoms with Crippen molar-refractivity contribution < 1.29 is 32.2 Å². The van der Waals surface area contributed by atoms with Crippen molar-refractivity contribution in [2.45, 2.75) is 25.6 Å². The van der Waals surface area contributed by atoms with E-state index in [1.165, 1.54) is 18.2 Å². The number of carbonyl (C=O) groups is 1. The lowest BCUT2D eigenvalue weighted by atomic mass is 9.94. The smallest absolute Gasteiger partial charge is 0.419 e. The van der Waals surface area contributed by atoms with Crippen LogP contribution in [-0.2, 0) is 15.7 Å². The Balaban J connectivity index is 2.65. The first-order valence-electron chi connectivity index (χ1n) is 7.86. The molecule has 0 fully saturated rings. The van der Waals surface area contributed by atoms with E-state index in [1.807, 2.05) is 0 Å². The van der Waals surface area contributed by atoms with Gasteiger partial charge < -0.3 is 15.6 Å². The first kappa shape index (κ1) is 21.0. The minimum Gasteiger partial charge on any atom is -0.507 e. The van der Waals surface area contributed by atoms with Crippen LogP contribution in [0.15, 0.2) is 30.3 Å². The Morgan fingerprint density at radius 1 is 1.33 bits per heavy atom. The molecule has 0 aliphatic heterocycles. The second-order valence-electron chi connectivity index (χ2n) is 5.67. The van der Waals surface area contributed by atoms with Crippen LogP contribution < -0.4 is 5.73 Å². The van der Waals surface area contributed by atoms with Gasteiger partial charge in [-0.2, -0.15) is 13.2 Å². The van der Waals surface area contributed by atoms with Crippen LogP contribution in [0.5, 0.6) is 5.75 Å². The number of rotatable bonds is 5. The lowest BCUT2D eigenvalue weighted by molar-refractivity contribution is -0.143. The molecule has 146 valence electrons. The number of hydrogen-bond donors (Lipinski definition) is 2. The highest BCUT2D eigenvalue weighted by Crippen LogP contribution is 2.42. The fourth-order valence-corrected chi connectivity index (χ4v) is 2.85. The van der Waals surface area contributed by atoms with Gasteiger partial charge in [-0.1, -0.05) is 17.7 Å². The molecule has 0 spiro atoms. The van der Waals surface area contributed by atoms with Crippen molar-refractivity contribution in [1.29, 1.82) is 0 Å². The zero-order chi connectivity index (χ0) is 20.4. The van der Waals surface area contributed by atoms with Gasteiger partial charge in [0.25, 0.3) is 0 Å². The van der Waals surface area contributed by atoms with Gasteiger partial charge in [0.05, 0.1) is 23.6 Å². The number of esters is 1. The second kappa shape index (κ2) is 8.14. The molecule has 0 aromatic heterocycles. The maximum Gasteiger partial charge on any atom is 0.419 e. The van der Waals surface area contributed by atoms with Gasteiger partial charge >= 0.3 is 12.1 Å². The van der Waals surface area contributed by atoms with Gasteiger partial charge in [0.2, 0.25) is 0 Å². The predicted octanol–water partition coefficient (Wildman–Crippen LogP) is 4.82. The Morgan fingerprint density at radius 3 is 2.56 bits per heavy atom. The molecule has 0 amide bonds. The second-order valence-corrected chi connectivity index (χ2v) is 6.08. The predicted molar refractivity (Wildman–Crippen MR) is 91.7 cm³/mol. The number of ether oxygens (including phenoxy) is 1. The number of halogens is 5. The van der Waals surface area contributed by atoms with E-state index in [-0.39, 0.29) is 28.5 Å². The van der Waals surface area contributed by atoms with E-state index in [1.54, 1.807) is 6.92 Å². The Morgan fingerprint density at radius 2 is 2.00 bits per heavy atom. The van der Waals surface area contributed by atoms with Gasteiger partial charge in [0.1, 0.15) is 11.6 Å². The molecule has 2 aromatic rings. The van der Waals surface area contributed by atoms with Crippen LogP contribution in [0.4, 0.5) is 17.6 Å². The molecule has 0 saturated heterocycles. The molecule has 2 aromatic carbocycles. The molecule has 0 bridgehead atoms. The molecule has 0 heterocycles. The Hall–Kier alpha value is -2.32. The van der Waals surface area contributed by atoms with Gasteiger partial charge in [-0.25, -0.2) is 4.39 Å². The van der Waals surface area contributed by atoms with E-state index >= 15 is 0 Å². The zero-order valence-electron chi connectivity index (χ0n) is 14.1. The molecular formula is C18H16ClF4NO3. The summed E-state index contributed by atoms with van der Waals surface area (Å²) >= 11 is 5.99. The summed E-state index contributed by atoms with van der Waals surface area (Å²) in [5, 5.41) is 9.96. The van der Waals surface area contributed by atoms with Crippen LogP contribution in [-0.4, -0.2) is 17.7 Å². The summed E-state index contributed by atoms with van der Waals surface area (Å²) in [6.07, 6.45) is -5.53. The fraction of sp³-hybridized carbons (Fsp3) is 0.278. The minimum absolute atomic E-state index is 0.0281. The van der Waals surface area contributed by atoms with Crippen molar-refractivity contribution in [3.8, 4) is 16.9 Å². The number of benzene rings is 2. The molecule has 0 radical (unpaired) electrons. The first-order chi connectivity index (χ1) is 12.6. The number of phenolic OH excluding ortho intramolecular Hbond substituents is 1. The Kier molecular flexibility index (Phi) is 6.33. The van der Waals surface area contributed by atoms with E-state index in [0.717, 1.165) is 6.07 Å². The van der Waals surface area contributed by atoms with Crippen LogP contribution in [0.2, 0.25) is 5.02 Å². The lowest BCUT2D eigenvalue weighted by Crippen LogP contribution is -2.20. The molecule has 4 nitrogen and oxygen atoms in total. The molecule has 0 aliphatic carbocycles. The van der Waals surface area contributed by atoms with Crippen molar-refractivity contribution in [2.75, 3.05) is 6.61 Å². The number of alkyl halides is 3. The molecule has 0 saturated carbocycles. The summed E-state index contributed by atoms with van der Waals surface area (Å²) < 4.78 is 59.1. The summed E-state index contributed by atoms with van der Waals surface area (Å²) in [4.78, 5) is 11.6. The molecule has 0 aliphatic rings. The largest absolute Gasteiger partial charge is 0.507 e. The van der Waals surface area contributed by atoms with E-state index in [9.17, 15) is 27.5 Å². The zero-order valence-corrected chi connectivity index (χ0v) is 14.9. The van der Waals surface area contributed by atoms with Crippen LogP contribution in [0.3, 0.4) is 0 Å². The topological polar surface area (TPSA) is 72.5 Å². The number of carbonyl (C=O) groups excluding carboxylic acids is 1. The molecule has 3 N–H and O–H groups in total. The summed E-state index contributed by atoms with van der Waals surface area (Å²) in [7, 11) is 0. The van der Waals surface area contributed by atoms with Crippen molar-refractivity contribution in [3.63, 3.8) is 0 Å². The third-order valence-electron chi connectivity index (χ3n) is 3.78. The summed E-state index contributed by atoms with van der Waals surface area (Å²) in [6.45, 7) is 1.60. The van der Waals surface area contributed by atoms with Crippen LogP contribution in [0.25, 0.3) is 11.1 Å². The minimum atomic E-state index is -5.02. The average Bonchev–Trinajstić information content (AvgIpc) is 2.54. The number of nitrogens with two attached hydrogens (primary N) is 1. The molecule has 27 heavy (non-hydrogen) atoms. The molecule has 1 atom stereocenters. The summed E-state index contributed by atoms with van der Waals surface area (Å²) in [6, 6.07) is 4.20. The Labute approximate surface area is 157 Å². The SMILES string of the molecule is CCOC(=O)C[C@H](N)c1cc(-c2c(O)cccc2Cl)cc(C(F)(F)F)c1F. The van der Waals surface area contributed by atoms with Crippen molar-refractivity contribution in [2.24, 2.45) is 5.73 Å². The molecule has 2 rings (SSSR count). The molecule has 9 heteroatoms. The van der Waals surface area contributed by atoms with Gasteiger partial charge in [0.15, 0.2) is 0 Å². The highest BCUT2D eigenvalue weighted by Gasteiger charge is 2.37. The van der Waals surface area contributed by atoms with E-state index < -0.39 is 41.6 Å². The average molecular weight is 406 g/mol. The van der Waals surface area contributed by atoms with Gasteiger partial charge in [-0.15, -0.1) is 0 Å². The van der Waals surface area contributed by atoms with E-state index in [4.69, 9.17) is 22.1 Å². The monoisotopic (exact) mass is 405 g/mol. The number of aromatic hydroxyl groups is 1. The van der Waals surface area contributed by atoms with Gasteiger partial charge in [-0.3, -0.25) is 4.79 Å². The highest BCUT2D eigenvalue weighted by atomic mass is 35.5. The third-order valence-corrected chi connectivity index (χ3v) is 4.09.